The number of aromatic nitrogens is 2. The van der Waals surface area contributed by atoms with E-state index < -0.39 is 0 Å². The summed E-state index contributed by atoms with van der Waals surface area (Å²) in [5.74, 6) is 2.06. The van der Waals surface area contributed by atoms with E-state index in [1.807, 2.05) is 17.8 Å². The molecule has 1 aliphatic rings. The topological polar surface area (TPSA) is 46.9 Å². The Bertz CT molecular complexity index is 464. The Balaban J connectivity index is 1.81. The molecule has 1 aromatic heterocycles. The van der Waals surface area contributed by atoms with Crippen molar-refractivity contribution in [3.8, 4) is 0 Å². The normalized spacial score (nSPS) is 25.4. The molecule has 0 aromatic carbocycles. The number of nitrogens with one attached hydrogen (secondary N) is 1. The first kappa shape index (κ1) is 15.1. The van der Waals surface area contributed by atoms with Gasteiger partial charge in [0.15, 0.2) is 0 Å². The summed E-state index contributed by atoms with van der Waals surface area (Å²) in [5, 5.41) is 3.08. The Hall–Kier alpha value is -1.32. The molecule has 1 saturated carbocycles. The number of imidazole rings is 1. The molecule has 2 rings (SSSR count). The van der Waals surface area contributed by atoms with Crippen LogP contribution < -0.4 is 5.32 Å². The van der Waals surface area contributed by atoms with E-state index >= 15 is 0 Å². The van der Waals surface area contributed by atoms with Crippen LogP contribution in [0.15, 0.2) is 12.4 Å². The lowest BCUT2D eigenvalue weighted by Crippen LogP contribution is -2.39. The van der Waals surface area contributed by atoms with Crippen LogP contribution in [0.2, 0.25) is 0 Å². The van der Waals surface area contributed by atoms with E-state index in [4.69, 9.17) is 0 Å². The molecule has 112 valence electrons. The summed E-state index contributed by atoms with van der Waals surface area (Å²) in [4.78, 5) is 16.6. The molecule has 1 fully saturated rings. The van der Waals surface area contributed by atoms with E-state index in [2.05, 4.69) is 31.1 Å². The molecule has 0 saturated heterocycles. The van der Waals surface area contributed by atoms with Crippen molar-refractivity contribution in [2.45, 2.75) is 46.5 Å². The van der Waals surface area contributed by atoms with Crippen molar-refractivity contribution in [1.82, 2.24) is 14.9 Å². The zero-order valence-corrected chi connectivity index (χ0v) is 13.1. The van der Waals surface area contributed by atoms with Gasteiger partial charge in [-0.1, -0.05) is 20.8 Å². The summed E-state index contributed by atoms with van der Waals surface area (Å²) in [5.41, 5.74) is 0.291. The Labute approximate surface area is 122 Å². The van der Waals surface area contributed by atoms with Gasteiger partial charge >= 0.3 is 0 Å². The summed E-state index contributed by atoms with van der Waals surface area (Å²) in [6.45, 7) is 7.48. The molecule has 1 aliphatic carbocycles. The fourth-order valence-electron chi connectivity index (χ4n) is 3.63. The fraction of sp³-hybridized carbons (Fsp3) is 0.750. The van der Waals surface area contributed by atoms with Gasteiger partial charge in [-0.05, 0) is 30.6 Å². The zero-order chi connectivity index (χ0) is 14.8. The smallest absolute Gasteiger partial charge is 0.223 e. The lowest BCUT2D eigenvalue weighted by molar-refractivity contribution is -0.127. The van der Waals surface area contributed by atoms with Gasteiger partial charge < -0.3 is 9.88 Å². The molecule has 4 heteroatoms. The number of carbonyl (C=O) groups excluding carboxylic acids is 1. The third-order valence-electron chi connectivity index (χ3n) is 4.33. The molecule has 20 heavy (non-hydrogen) atoms. The molecule has 0 aliphatic heterocycles. The maximum Gasteiger partial charge on any atom is 0.223 e. The first-order valence-corrected chi connectivity index (χ1v) is 7.61. The van der Waals surface area contributed by atoms with Crippen molar-refractivity contribution in [3.63, 3.8) is 0 Å². The molecular formula is C16H27N3O. The average molecular weight is 277 g/mol. The van der Waals surface area contributed by atoms with Gasteiger partial charge in [0.05, 0.1) is 0 Å². The van der Waals surface area contributed by atoms with Gasteiger partial charge in [-0.3, -0.25) is 4.79 Å². The number of rotatable bonds is 4. The Morgan fingerprint density at radius 3 is 2.85 bits per heavy atom. The van der Waals surface area contributed by atoms with Crippen LogP contribution >= 0.6 is 0 Å². The average Bonchev–Trinajstić information content (AvgIpc) is 2.72. The minimum absolute atomic E-state index is 0.176. The van der Waals surface area contributed by atoms with E-state index in [0.717, 1.165) is 25.1 Å². The van der Waals surface area contributed by atoms with E-state index in [9.17, 15) is 4.79 Å². The van der Waals surface area contributed by atoms with E-state index in [1.54, 1.807) is 6.20 Å². The first-order valence-electron chi connectivity index (χ1n) is 7.61. The van der Waals surface area contributed by atoms with Crippen molar-refractivity contribution >= 4 is 5.91 Å². The number of hydrogen-bond donors (Lipinski definition) is 1. The maximum absolute atomic E-state index is 12.3. The Morgan fingerprint density at radius 1 is 1.50 bits per heavy atom. The molecule has 1 heterocycles. The molecule has 1 aromatic rings. The van der Waals surface area contributed by atoms with Crippen molar-refractivity contribution < 1.29 is 4.79 Å². The SMILES string of the molecule is C[C@H]1C[C@H](C(=O)NCCc2nccn2C)CC(C)(C)C1. The van der Waals surface area contributed by atoms with Crippen LogP contribution in [0, 0.1) is 17.3 Å². The first-order chi connectivity index (χ1) is 9.37. The summed E-state index contributed by atoms with van der Waals surface area (Å²) in [6.07, 6.45) is 7.78. The van der Waals surface area contributed by atoms with Crippen molar-refractivity contribution in [2.24, 2.45) is 24.3 Å². The second kappa shape index (κ2) is 5.98. The highest BCUT2D eigenvalue weighted by atomic mass is 16.1. The van der Waals surface area contributed by atoms with Gasteiger partial charge in [0, 0.05) is 38.3 Å². The van der Waals surface area contributed by atoms with Crippen molar-refractivity contribution in [1.29, 1.82) is 0 Å². The zero-order valence-electron chi connectivity index (χ0n) is 13.1. The second-order valence-electron chi connectivity index (χ2n) is 7.11. The molecule has 0 radical (unpaired) electrons. The second-order valence-corrected chi connectivity index (χ2v) is 7.11. The lowest BCUT2D eigenvalue weighted by Gasteiger charge is -2.38. The van der Waals surface area contributed by atoms with Crippen LogP contribution in [0.25, 0.3) is 0 Å². The molecular weight excluding hydrogens is 250 g/mol. The van der Waals surface area contributed by atoms with Crippen LogP contribution in [-0.4, -0.2) is 22.0 Å². The minimum Gasteiger partial charge on any atom is -0.355 e. The number of nitrogens with zero attached hydrogens (tertiary/aromatic N) is 2. The van der Waals surface area contributed by atoms with E-state index in [1.165, 1.54) is 6.42 Å². The predicted octanol–water partition coefficient (Wildman–Crippen LogP) is 2.54. The minimum atomic E-state index is 0.176. The quantitative estimate of drug-likeness (QED) is 0.919. The third kappa shape index (κ3) is 3.84. The fourth-order valence-corrected chi connectivity index (χ4v) is 3.63. The largest absolute Gasteiger partial charge is 0.355 e. The molecule has 1 amide bonds. The predicted molar refractivity (Wildman–Crippen MR) is 80.2 cm³/mol. The van der Waals surface area contributed by atoms with Crippen molar-refractivity contribution in [2.75, 3.05) is 6.54 Å². The van der Waals surface area contributed by atoms with Crippen LogP contribution in [-0.2, 0) is 18.3 Å². The molecule has 4 nitrogen and oxygen atoms in total. The molecule has 0 bridgehead atoms. The van der Waals surface area contributed by atoms with Gasteiger partial charge in [0.2, 0.25) is 5.91 Å². The molecule has 0 unspecified atom stereocenters. The van der Waals surface area contributed by atoms with E-state index in [0.29, 0.717) is 17.9 Å². The van der Waals surface area contributed by atoms with Gasteiger partial charge in [0.1, 0.15) is 5.82 Å². The highest BCUT2D eigenvalue weighted by Crippen LogP contribution is 2.41. The van der Waals surface area contributed by atoms with Gasteiger partial charge in [0.25, 0.3) is 0 Å². The summed E-state index contributed by atoms with van der Waals surface area (Å²) in [7, 11) is 1.98. The van der Waals surface area contributed by atoms with Crippen LogP contribution in [0.1, 0.15) is 45.9 Å². The van der Waals surface area contributed by atoms with Crippen LogP contribution in [0.4, 0.5) is 0 Å². The number of carbonyl (C=O) groups is 1. The number of aryl methyl sites for hydroxylation is 1. The molecule has 0 spiro atoms. The standard InChI is InChI=1S/C16H27N3O/c1-12-9-13(11-16(2,3)10-12)15(20)18-6-5-14-17-7-8-19(14)4/h7-8,12-13H,5-6,9-11H2,1-4H3,(H,18,20)/t12-,13-/m0/s1. The van der Waals surface area contributed by atoms with Gasteiger partial charge in [-0.2, -0.15) is 0 Å². The monoisotopic (exact) mass is 277 g/mol. The third-order valence-corrected chi connectivity index (χ3v) is 4.33. The van der Waals surface area contributed by atoms with Gasteiger partial charge in [-0.25, -0.2) is 4.98 Å². The lowest BCUT2D eigenvalue weighted by atomic mass is 9.68. The van der Waals surface area contributed by atoms with Crippen molar-refractivity contribution in [3.05, 3.63) is 18.2 Å². The summed E-state index contributed by atoms with van der Waals surface area (Å²) < 4.78 is 2.00. The van der Waals surface area contributed by atoms with Crippen LogP contribution in [0.3, 0.4) is 0 Å². The van der Waals surface area contributed by atoms with E-state index in [-0.39, 0.29) is 11.8 Å². The Kier molecular flexibility index (Phi) is 4.51. The summed E-state index contributed by atoms with van der Waals surface area (Å²) >= 11 is 0. The van der Waals surface area contributed by atoms with Crippen LogP contribution in [0.5, 0.6) is 0 Å². The number of hydrogen-bond acceptors (Lipinski definition) is 2. The molecule has 2 atom stereocenters. The number of amides is 1. The maximum atomic E-state index is 12.3. The van der Waals surface area contributed by atoms with Gasteiger partial charge in [-0.15, -0.1) is 0 Å². The highest BCUT2D eigenvalue weighted by molar-refractivity contribution is 5.78. The summed E-state index contributed by atoms with van der Waals surface area (Å²) in [6, 6.07) is 0. The molecule has 1 N–H and O–H groups in total. The Morgan fingerprint density at radius 2 is 2.25 bits per heavy atom. The highest BCUT2D eigenvalue weighted by Gasteiger charge is 2.35.